The van der Waals surface area contributed by atoms with Gasteiger partial charge < -0.3 is 10.4 Å². The lowest BCUT2D eigenvalue weighted by atomic mass is 9.95. The normalized spacial score (nSPS) is 23.6. The van der Waals surface area contributed by atoms with Crippen molar-refractivity contribution >= 4 is 11.3 Å². The first-order valence-corrected chi connectivity index (χ1v) is 8.59. The van der Waals surface area contributed by atoms with Gasteiger partial charge in [0, 0.05) is 24.1 Å². The van der Waals surface area contributed by atoms with Gasteiger partial charge in [-0.05, 0) is 54.9 Å². The van der Waals surface area contributed by atoms with E-state index in [1.165, 1.54) is 43.4 Å². The Balaban J connectivity index is 1.63. The minimum atomic E-state index is 0.342. The Bertz CT molecular complexity index is 379. The zero-order valence-corrected chi connectivity index (χ0v) is 12.4. The highest BCUT2D eigenvalue weighted by atomic mass is 32.1. The summed E-state index contributed by atoms with van der Waals surface area (Å²) in [5, 5.41) is 15.2. The van der Waals surface area contributed by atoms with Gasteiger partial charge in [-0.15, -0.1) is 11.3 Å². The number of hydrogen-bond acceptors (Lipinski definition) is 3. The Kier molecular flexibility index (Phi) is 4.25. The molecule has 2 nitrogen and oxygen atoms in total. The standard InChI is InChI=1S/C16H25NOS/c18-10-9-16(7-8-16)12-17-15(13-4-1-2-5-13)14-6-3-11-19-14/h3,6,11,13,15,17-18H,1-2,4-5,7-10,12H2. The van der Waals surface area contributed by atoms with E-state index in [2.05, 4.69) is 22.8 Å². The van der Waals surface area contributed by atoms with Crippen LogP contribution in [0.2, 0.25) is 0 Å². The highest BCUT2D eigenvalue weighted by Crippen LogP contribution is 2.49. The topological polar surface area (TPSA) is 32.3 Å². The Hall–Kier alpha value is -0.380. The van der Waals surface area contributed by atoms with Crippen molar-refractivity contribution in [3.63, 3.8) is 0 Å². The molecule has 0 bridgehead atoms. The first-order valence-electron chi connectivity index (χ1n) is 7.71. The van der Waals surface area contributed by atoms with Crippen LogP contribution in [0.15, 0.2) is 17.5 Å². The Labute approximate surface area is 120 Å². The van der Waals surface area contributed by atoms with Crippen LogP contribution in [-0.4, -0.2) is 18.3 Å². The molecule has 106 valence electrons. The molecule has 19 heavy (non-hydrogen) atoms. The van der Waals surface area contributed by atoms with Crippen molar-refractivity contribution in [2.75, 3.05) is 13.2 Å². The molecule has 0 aliphatic heterocycles. The summed E-state index contributed by atoms with van der Waals surface area (Å²) in [6.45, 7) is 1.43. The molecule has 1 aromatic heterocycles. The van der Waals surface area contributed by atoms with Gasteiger partial charge >= 0.3 is 0 Å². The maximum absolute atomic E-state index is 9.18. The van der Waals surface area contributed by atoms with E-state index in [9.17, 15) is 5.11 Å². The van der Waals surface area contributed by atoms with E-state index in [1.54, 1.807) is 0 Å². The summed E-state index contributed by atoms with van der Waals surface area (Å²) in [6.07, 6.45) is 9.11. The second kappa shape index (κ2) is 5.94. The van der Waals surface area contributed by atoms with E-state index >= 15 is 0 Å². The Morgan fingerprint density at radius 2 is 2.16 bits per heavy atom. The van der Waals surface area contributed by atoms with E-state index in [4.69, 9.17) is 0 Å². The van der Waals surface area contributed by atoms with Crippen molar-refractivity contribution in [2.45, 2.75) is 51.0 Å². The SMILES string of the molecule is OCCC1(CNC(c2cccs2)C2CCCC2)CC1. The number of aliphatic hydroxyl groups is 1. The van der Waals surface area contributed by atoms with Gasteiger partial charge in [0.1, 0.15) is 0 Å². The van der Waals surface area contributed by atoms with E-state index in [0.717, 1.165) is 18.9 Å². The third-order valence-corrected chi connectivity index (χ3v) is 5.97. The molecule has 1 unspecified atom stereocenters. The lowest BCUT2D eigenvalue weighted by Gasteiger charge is -2.26. The lowest BCUT2D eigenvalue weighted by molar-refractivity contribution is 0.236. The van der Waals surface area contributed by atoms with E-state index in [0.29, 0.717) is 18.1 Å². The van der Waals surface area contributed by atoms with E-state index in [-0.39, 0.29) is 0 Å². The third kappa shape index (κ3) is 3.21. The van der Waals surface area contributed by atoms with Gasteiger partial charge in [-0.1, -0.05) is 18.9 Å². The second-order valence-electron chi connectivity index (χ2n) is 6.39. The fraction of sp³-hybridized carbons (Fsp3) is 0.750. The molecule has 2 aliphatic carbocycles. The maximum Gasteiger partial charge on any atom is 0.0443 e. The highest BCUT2D eigenvalue weighted by molar-refractivity contribution is 7.10. The Morgan fingerprint density at radius 3 is 2.74 bits per heavy atom. The molecule has 0 radical (unpaired) electrons. The molecule has 2 saturated carbocycles. The molecule has 2 fully saturated rings. The molecule has 0 spiro atoms. The molecule has 1 heterocycles. The van der Waals surface area contributed by atoms with Crippen molar-refractivity contribution in [3.05, 3.63) is 22.4 Å². The highest BCUT2D eigenvalue weighted by Gasteiger charge is 2.42. The first kappa shape index (κ1) is 13.6. The molecule has 0 amide bonds. The monoisotopic (exact) mass is 279 g/mol. The zero-order valence-electron chi connectivity index (χ0n) is 11.6. The van der Waals surface area contributed by atoms with Crippen molar-refractivity contribution in [3.8, 4) is 0 Å². The van der Waals surface area contributed by atoms with E-state index in [1.807, 2.05) is 11.3 Å². The summed E-state index contributed by atoms with van der Waals surface area (Å²) < 4.78 is 0. The third-order valence-electron chi connectivity index (χ3n) is 5.02. The van der Waals surface area contributed by atoms with Crippen LogP contribution >= 0.6 is 11.3 Å². The zero-order chi connectivity index (χ0) is 13.1. The average molecular weight is 279 g/mol. The van der Waals surface area contributed by atoms with Gasteiger partial charge in [-0.2, -0.15) is 0 Å². The molecule has 2 aliphatic rings. The van der Waals surface area contributed by atoms with Crippen LogP contribution in [0.5, 0.6) is 0 Å². The van der Waals surface area contributed by atoms with Crippen LogP contribution in [0, 0.1) is 11.3 Å². The predicted octanol–water partition coefficient (Wildman–Crippen LogP) is 3.73. The molecule has 0 saturated heterocycles. The minimum Gasteiger partial charge on any atom is -0.396 e. The fourth-order valence-corrected chi connectivity index (χ4v) is 4.41. The number of thiophene rings is 1. The van der Waals surface area contributed by atoms with Crippen LogP contribution in [0.1, 0.15) is 55.9 Å². The van der Waals surface area contributed by atoms with Crippen molar-refractivity contribution in [1.82, 2.24) is 5.32 Å². The quantitative estimate of drug-likeness (QED) is 0.797. The number of nitrogens with one attached hydrogen (secondary N) is 1. The van der Waals surface area contributed by atoms with Gasteiger partial charge in [0.05, 0.1) is 0 Å². The molecule has 1 aromatic rings. The van der Waals surface area contributed by atoms with Gasteiger partial charge in [-0.3, -0.25) is 0 Å². The summed E-state index contributed by atoms with van der Waals surface area (Å²) in [7, 11) is 0. The van der Waals surface area contributed by atoms with Gasteiger partial charge in [-0.25, -0.2) is 0 Å². The van der Waals surface area contributed by atoms with Gasteiger partial charge in [0.2, 0.25) is 0 Å². The summed E-state index contributed by atoms with van der Waals surface area (Å²) in [5.41, 5.74) is 0.420. The molecular formula is C16H25NOS. The fourth-order valence-electron chi connectivity index (χ4n) is 3.51. The molecule has 3 heteroatoms. The molecular weight excluding hydrogens is 254 g/mol. The second-order valence-corrected chi connectivity index (χ2v) is 7.37. The lowest BCUT2D eigenvalue weighted by Crippen LogP contribution is -2.32. The first-order chi connectivity index (χ1) is 9.33. The molecule has 3 rings (SSSR count). The van der Waals surface area contributed by atoms with Crippen molar-refractivity contribution in [2.24, 2.45) is 11.3 Å². The van der Waals surface area contributed by atoms with Crippen molar-refractivity contribution in [1.29, 1.82) is 0 Å². The largest absolute Gasteiger partial charge is 0.396 e. The van der Waals surface area contributed by atoms with Crippen LogP contribution in [0.25, 0.3) is 0 Å². The van der Waals surface area contributed by atoms with Gasteiger partial charge in [0.15, 0.2) is 0 Å². The van der Waals surface area contributed by atoms with Crippen LogP contribution in [0.4, 0.5) is 0 Å². The average Bonchev–Trinajstić information content (AvgIpc) is 2.90. The summed E-state index contributed by atoms with van der Waals surface area (Å²) >= 11 is 1.89. The Morgan fingerprint density at radius 1 is 1.37 bits per heavy atom. The van der Waals surface area contributed by atoms with E-state index < -0.39 is 0 Å². The number of rotatable bonds is 7. The van der Waals surface area contributed by atoms with Crippen LogP contribution < -0.4 is 5.32 Å². The predicted molar refractivity (Wildman–Crippen MR) is 80.4 cm³/mol. The summed E-state index contributed by atoms with van der Waals surface area (Å²) in [5.74, 6) is 0.823. The molecule has 1 atom stereocenters. The number of hydrogen-bond donors (Lipinski definition) is 2. The molecule has 2 N–H and O–H groups in total. The summed E-state index contributed by atoms with van der Waals surface area (Å²) in [6, 6.07) is 5.01. The van der Waals surface area contributed by atoms with Crippen molar-refractivity contribution < 1.29 is 5.11 Å². The maximum atomic E-state index is 9.18. The van der Waals surface area contributed by atoms with Gasteiger partial charge in [0.25, 0.3) is 0 Å². The van der Waals surface area contributed by atoms with Crippen LogP contribution in [0.3, 0.4) is 0 Å². The minimum absolute atomic E-state index is 0.342. The smallest absolute Gasteiger partial charge is 0.0443 e. The molecule has 0 aromatic carbocycles. The summed E-state index contributed by atoms with van der Waals surface area (Å²) in [4.78, 5) is 1.51. The number of aliphatic hydroxyl groups excluding tert-OH is 1. The van der Waals surface area contributed by atoms with Crippen LogP contribution in [-0.2, 0) is 0 Å².